The van der Waals surface area contributed by atoms with Crippen molar-refractivity contribution in [2.24, 2.45) is 0 Å². The van der Waals surface area contributed by atoms with Gasteiger partial charge in [-0.05, 0) is 42.3 Å². The number of halogens is 2. The van der Waals surface area contributed by atoms with Gasteiger partial charge in [-0.3, -0.25) is 19.5 Å². The van der Waals surface area contributed by atoms with Crippen molar-refractivity contribution in [3.05, 3.63) is 137 Å². The summed E-state index contributed by atoms with van der Waals surface area (Å²) in [6.45, 7) is 1.63. The number of carbonyl (C=O) groups excluding carboxylic acids is 2. The number of anilines is 1. The molecule has 0 atom stereocenters. The molecule has 0 spiro atoms. The molecule has 0 saturated carbocycles. The Hall–Kier alpha value is -4.75. The topological polar surface area (TPSA) is 67.2 Å². The van der Waals surface area contributed by atoms with E-state index in [2.05, 4.69) is 10.3 Å². The zero-order valence-electron chi connectivity index (χ0n) is 21.7. The number of aromatic nitrogens is 2. The van der Waals surface area contributed by atoms with Crippen LogP contribution in [0.5, 0.6) is 0 Å². The summed E-state index contributed by atoms with van der Waals surface area (Å²) in [5, 5.41) is 3.14. The first-order valence-electron chi connectivity index (χ1n) is 12.7. The minimum atomic E-state index is -0.463. The monoisotopic (exact) mass is 552 g/mol. The second-order valence-corrected chi connectivity index (χ2v) is 9.70. The Balaban J connectivity index is 1.46. The molecule has 0 aliphatic rings. The van der Waals surface area contributed by atoms with Crippen molar-refractivity contribution in [1.29, 1.82) is 0 Å². The van der Waals surface area contributed by atoms with E-state index in [9.17, 15) is 14.0 Å². The van der Waals surface area contributed by atoms with Crippen molar-refractivity contribution in [2.45, 2.75) is 13.5 Å². The maximum atomic E-state index is 14.5. The molecule has 0 aliphatic heterocycles. The van der Waals surface area contributed by atoms with Gasteiger partial charge >= 0.3 is 0 Å². The Kier molecular flexibility index (Phi) is 8.03. The third-order valence-corrected chi connectivity index (χ3v) is 6.73. The standard InChI is InChI=1S/C32H26ClFN4O2/c1-22-16-17-25(18-28(22)34)38-20-29(24-12-6-3-7-13-24)35-32(38)36-30(39)21-37(19-23-10-4-2-5-11-23)31(40)26-14-8-9-15-27(26)33/h2-18,20H,19,21H2,1H3,(H,35,36,39). The van der Waals surface area contributed by atoms with Crippen molar-refractivity contribution in [2.75, 3.05) is 11.9 Å². The summed E-state index contributed by atoms with van der Waals surface area (Å²) in [6.07, 6.45) is 1.74. The molecule has 0 bridgehead atoms. The van der Waals surface area contributed by atoms with E-state index < -0.39 is 5.91 Å². The smallest absolute Gasteiger partial charge is 0.256 e. The van der Waals surface area contributed by atoms with Gasteiger partial charge in [0.15, 0.2) is 0 Å². The molecule has 0 saturated heterocycles. The van der Waals surface area contributed by atoms with Gasteiger partial charge in [-0.15, -0.1) is 0 Å². The number of carbonyl (C=O) groups is 2. The second-order valence-electron chi connectivity index (χ2n) is 9.29. The maximum absolute atomic E-state index is 14.5. The van der Waals surface area contributed by atoms with Crippen molar-refractivity contribution >= 4 is 29.4 Å². The quantitative estimate of drug-likeness (QED) is 0.227. The molecule has 6 nitrogen and oxygen atoms in total. The van der Waals surface area contributed by atoms with Crippen LogP contribution < -0.4 is 5.32 Å². The lowest BCUT2D eigenvalue weighted by Crippen LogP contribution is -2.38. The van der Waals surface area contributed by atoms with E-state index in [1.807, 2.05) is 60.7 Å². The van der Waals surface area contributed by atoms with Gasteiger partial charge in [0.2, 0.25) is 11.9 Å². The number of amides is 2. The number of nitrogens with zero attached hydrogens (tertiary/aromatic N) is 3. The summed E-state index contributed by atoms with van der Waals surface area (Å²) in [6, 6.07) is 30.4. The predicted molar refractivity (Wildman–Crippen MR) is 155 cm³/mol. The fourth-order valence-corrected chi connectivity index (χ4v) is 4.51. The third kappa shape index (κ3) is 6.11. The first kappa shape index (κ1) is 26.8. The molecule has 0 unspecified atom stereocenters. The third-order valence-electron chi connectivity index (χ3n) is 6.40. The Labute approximate surface area is 236 Å². The van der Waals surface area contributed by atoms with Crippen LogP contribution in [0.1, 0.15) is 21.5 Å². The van der Waals surface area contributed by atoms with E-state index in [1.54, 1.807) is 54.1 Å². The van der Waals surface area contributed by atoms with Gasteiger partial charge in [-0.25, -0.2) is 9.37 Å². The highest BCUT2D eigenvalue weighted by atomic mass is 35.5. The molecule has 1 heterocycles. The Morgan fingerprint density at radius 3 is 2.30 bits per heavy atom. The lowest BCUT2D eigenvalue weighted by Gasteiger charge is -2.23. The lowest BCUT2D eigenvalue weighted by atomic mass is 10.1. The number of hydrogen-bond donors (Lipinski definition) is 1. The largest absolute Gasteiger partial charge is 0.325 e. The number of benzene rings is 4. The zero-order valence-corrected chi connectivity index (χ0v) is 22.5. The van der Waals surface area contributed by atoms with Crippen molar-refractivity contribution in [3.63, 3.8) is 0 Å². The van der Waals surface area contributed by atoms with Crippen LogP contribution in [0.4, 0.5) is 10.3 Å². The molecule has 0 radical (unpaired) electrons. The first-order chi connectivity index (χ1) is 19.4. The summed E-state index contributed by atoms with van der Waals surface area (Å²) < 4.78 is 16.1. The second kappa shape index (κ2) is 12.0. The van der Waals surface area contributed by atoms with E-state index >= 15 is 0 Å². The number of imidazole rings is 1. The van der Waals surface area contributed by atoms with E-state index in [0.717, 1.165) is 11.1 Å². The Bertz CT molecular complexity index is 1650. The summed E-state index contributed by atoms with van der Waals surface area (Å²) in [5.74, 6) is -1.00. The molecule has 8 heteroatoms. The van der Waals surface area contributed by atoms with E-state index in [1.165, 1.54) is 11.0 Å². The van der Waals surface area contributed by atoms with Crippen molar-refractivity contribution in [1.82, 2.24) is 14.5 Å². The molecule has 1 aromatic heterocycles. The van der Waals surface area contributed by atoms with Crippen molar-refractivity contribution in [3.8, 4) is 16.9 Å². The molecule has 0 aliphatic carbocycles. The average Bonchev–Trinajstić information content (AvgIpc) is 3.38. The summed E-state index contributed by atoms with van der Waals surface area (Å²) in [5.41, 5.74) is 3.61. The van der Waals surface area contributed by atoms with Gasteiger partial charge in [0.1, 0.15) is 12.4 Å². The molecule has 2 amide bonds. The predicted octanol–water partition coefficient (Wildman–Crippen LogP) is 6.92. The molecule has 1 N–H and O–H groups in total. The minimum absolute atomic E-state index is 0.200. The zero-order chi connectivity index (χ0) is 28.1. The number of aryl methyl sites for hydroxylation is 1. The van der Waals surface area contributed by atoms with Gasteiger partial charge < -0.3 is 4.90 Å². The van der Waals surface area contributed by atoms with Crippen LogP contribution in [-0.2, 0) is 11.3 Å². The highest BCUT2D eigenvalue weighted by molar-refractivity contribution is 6.33. The van der Waals surface area contributed by atoms with E-state index in [4.69, 9.17) is 11.6 Å². The minimum Gasteiger partial charge on any atom is -0.325 e. The average molecular weight is 553 g/mol. The summed E-state index contributed by atoms with van der Waals surface area (Å²) >= 11 is 6.31. The van der Waals surface area contributed by atoms with Gasteiger partial charge in [0, 0.05) is 18.3 Å². The van der Waals surface area contributed by atoms with Gasteiger partial charge in [0.25, 0.3) is 5.91 Å². The van der Waals surface area contributed by atoms with E-state index in [0.29, 0.717) is 27.5 Å². The molecule has 4 aromatic carbocycles. The lowest BCUT2D eigenvalue weighted by molar-refractivity contribution is -0.117. The Morgan fingerprint density at radius 2 is 1.60 bits per heavy atom. The van der Waals surface area contributed by atoms with Crippen LogP contribution >= 0.6 is 11.6 Å². The van der Waals surface area contributed by atoms with Gasteiger partial charge in [0.05, 0.1) is 22.0 Å². The fraction of sp³-hybridized carbons (Fsp3) is 0.0938. The van der Waals surface area contributed by atoms with E-state index in [-0.39, 0.29) is 30.8 Å². The summed E-state index contributed by atoms with van der Waals surface area (Å²) in [4.78, 5) is 33.0. The summed E-state index contributed by atoms with van der Waals surface area (Å²) in [7, 11) is 0. The maximum Gasteiger partial charge on any atom is 0.256 e. The van der Waals surface area contributed by atoms with Crippen LogP contribution in [0.2, 0.25) is 5.02 Å². The van der Waals surface area contributed by atoms with Crippen LogP contribution in [0.3, 0.4) is 0 Å². The highest BCUT2D eigenvalue weighted by Gasteiger charge is 2.23. The van der Waals surface area contributed by atoms with Crippen LogP contribution in [0, 0.1) is 12.7 Å². The normalized spacial score (nSPS) is 10.8. The number of rotatable bonds is 8. The van der Waals surface area contributed by atoms with Crippen LogP contribution in [0.25, 0.3) is 16.9 Å². The fourth-order valence-electron chi connectivity index (χ4n) is 4.29. The first-order valence-corrected chi connectivity index (χ1v) is 13.1. The van der Waals surface area contributed by atoms with Crippen molar-refractivity contribution < 1.29 is 14.0 Å². The molecular formula is C32H26ClFN4O2. The van der Waals surface area contributed by atoms with Gasteiger partial charge in [-0.2, -0.15) is 0 Å². The number of nitrogens with one attached hydrogen (secondary N) is 1. The number of hydrogen-bond acceptors (Lipinski definition) is 3. The van der Waals surface area contributed by atoms with Crippen LogP contribution in [-0.4, -0.2) is 32.8 Å². The highest BCUT2D eigenvalue weighted by Crippen LogP contribution is 2.26. The molecule has 0 fully saturated rings. The Morgan fingerprint density at radius 1 is 0.925 bits per heavy atom. The molecule has 5 aromatic rings. The molecule has 5 rings (SSSR count). The van der Waals surface area contributed by atoms with Crippen LogP contribution in [0.15, 0.2) is 109 Å². The molecular weight excluding hydrogens is 527 g/mol. The molecule has 200 valence electrons. The van der Waals surface area contributed by atoms with Gasteiger partial charge in [-0.1, -0.05) is 90.5 Å². The molecule has 40 heavy (non-hydrogen) atoms. The SMILES string of the molecule is Cc1ccc(-n2cc(-c3ccccc3)nc2NC(=O)CN(Cc2ccccc2)C(=O)c2ccccc2Cl)cc1F.